The smallest absolute Gasteiger partial charge is 0.225 e. The van der Waals surface area contributed by atoms with Crippen molar-refractivity contribution in [1.29, 1.82) is 0 Å². The molecule has 4 nitrogen and oxygen atoms in total. The highest BCUT2D eigenvalue weighted by atomic mass is 16.1. The summed E-state index contributed by atoms with van der Waals surface area (Å²) in [6.07, 6.45) is 4.83. The molecule has 0 N–H and O–H groups in total. The van der Waals surface area contributed by atoms with Crippen molar-refractivity contribution in [3.8, 4) is 0 Å². The van der Waals surface area contributed by atoms with E-state index in [0.717, 1.165) is 12.7 Å². The van der Waals surface area contributed by atoms with E-state index in [1.165, 1.54) is 12.4 Å². The van der Waals surface area contributed by atoms with Crippen LogP contribution in [0.15, 0.2) is 12.4 Å². The molecule has 1 aromatic rings. The summed E-state index contributed by atoms with van der Waals surface area (Å²) in [4.78, 5) is 20.8. The van der Waals surface area contributed by atoms with Crippen molar-refractivity contribution < 1.29 is 4.79 Å². The van der Waals surface area contributed by atoms with Gasteiger partial charge in [0.1, 0.15) is 0 Å². The highest BCUT2D eigenvalue weighted by Gasteiger charge is 2.23. The van der Waals surface area contributed by atoms with Gasteiger partial charge in [0.05, 0.1) is 5.56 Å². The van der Waals surface area contributed by atoms with Gasteiger partial charge < -0.3 is 4.90 Å². The number of nitrogens with zero attached hydrogens (tertiary/aromatic N) is 3. The highest BCUT2D eigenvalue weighted by molar-refractivity contribution is 5.73. The van der Waals surface area contributed by atoms with Crippen LogP contribution in [0, 0.1) is 0 Å². The van der Waals surface area contributed by atoms with Crippen molar-refractivity contribution in [3.05, 3.63) is 18.0 Å². The molecule has 1 heterocycles. The number of carbonyl (C=O) groups excluding carboxylic acids is 1. The Balaban J connectivity index is 2.91. The predicted molar refractivity (Wildman–Crippen MR) is 60.2 cm³/mol. The van der Waals surface area contributed by atoms with Crippen LogP contribution in [-0.4, -0.2) is 28.8 Å². The van der Waals surface area contributed by atoms with Gasteiger partial charge in [-0.3, -0.25) is 4.79 Å². The third-order valence-corrected chi connectivity index (χ3v) is 2.87. The fourth-order valence-electron chi connectivity index (χ4n) is 1.07. The lowest BCUT2D eigenvalue weighted by Crippen LogP contribution is -2.41. The lowest BCUT2D eigenvalue weighted by molar-refractivity contribution is 0.112. The van der Waals surface area contributed by atoms with Crippen molar-refractivity contribution in [2.24, 2.45) is 0 Å². The van der Waals surface area contributed by atoms with E-state index in [1.54, 1.807) is 0 Å². The second-order valence-corrected chi connectivity index (χ2v) is 4.16. The summed E-state index contributed by atoms with van der Waals surface area (Å²) in [6, 6.07) is 0. The number of aldehydes is 1. The van der Waals surface area contributed by atoms with Crippen molar-refractivity contribution >= 4 is 12.2 Å². The number of hydrogen-bond donors (Lipinski definition) is 0. The standard InChI is InChI=1S/C11H17N3O/c1-5-11(2,3)14(4)10-12-6-9(8-15)7-13-10/h6-8H,5H2,1-4H3. The van der Waals surface area contributed by atoms with Crippen molar-refractivity contribution in [3.63, 3.8) is 0 Å². The molecule has 0 aliphatic heterocycles. The molecule has 1 aromatic heterocycles. The minimum Gasteiger partial charge on any atom is -0.339 e. The molecule has 0 aromatic carbocycles. The average molecular weight is 207 g/mol. The third-order valence-electron chi connectivity index (χ3n) is 2.87. The molecule has 0 fully saturated rings. The van der Waals surface area contributed by atoms with Crippen molar-refractivity contribution in [1.82, 2.24) is 9.97 Å². The first-order valence-corrected chi connectivity index (χ1v) is 5.02. The quantitative estimate of drug-likeness (QED) is 0.707. The molecule has 0 bridgehead atoms. The van der Waals surface area contributed by atoms with Gasteiger partial charge in [0.2, 0.25) is 5.95 Å². The molecular weight excluding hydrogens is 190 g/mol. The maximum Gasteiger partial charge on any atom is 0.225 e. The molecule has 4 heteroatoms. The van der Waals surface area contributed by atoms with Crippen LogP contribution in [0.25, 0.3) is 0 Å². The molecule has 0 aliphatic rings. The molecular formula is C11H17N3O. The zero-order chi connectivity index (χ0) is 11.5. The predicted octanol–water partition coefficient (Wildman–Crippen LogP) is 1.91. The normalized spacial score (nSPS) is 11.2. The molecule has 0 atom stereocenters. The van der Waals surface area contributed by atoms with E-state index in [-0.39, 0.29) is 5.54 Å². The minimum atomic E-state index is 0.0166. The van der Waals surface area contributed by atoms with Crippen LogP contribution in [0.4, 0.5) is 5.95 Å². The summed E-state index contributed by atoms with van der Waals surface area (Å²) in [5, 5.41) is 0. The molecule has 1 rings (SSSR count). The number of anilines is 1. The minimum absolute atomic E-state index is 0.0166. The summed E-state index contributed by atoms with van der Waals surface area (Å²) in [5.74, 6) is 0.646. The monoisotopic (exact) mass is 207 g/mol. The zero-order valence-corrected chi connectivity index (χ0v) is 9.69. The number of hydrogen-bond acceptors (Lipinski definition) is 4. The van der Waals surface area contributed by atoms with Crippen LogP contribution in [0.5, 0.6) is 0 Å². The van der Waals surface area contributed by atoms with Crippen LogP contribution < -0.4 is 4.90 Å². The van der Waals surface area contributed by atoms with Gasteiger partial charge in [-0.05, 0) is 20.3 Å². The van der Waals surface area contributed by atoms with Crippen LogP contribution >= 0.6 is 0 Å². The fraction of sp³-hybridized carbons (Fsp3) is 0.545. The lowest BCUT2D eigenvalue weighted by Gasteiger charge is -2.34. The van der Waals surface area contributed by atoms with E-state index < -0.39 is 0 Å². The average Bonchev–Trinajstić information content (AvgIpc) is 2.28. The van der Waals surface area contributed by atoms with Gasteiger partial charge in [-0.1, -0.05) is 6.92 Å². The Morgan fingerprint density at radius 1 is 1.40 bits per heavy atom. The zero-order valence-electron chi connectivity index (χ0n) is 9.69. The SMILES string of the molecule is CCC(C)(C)N(C)c1ncc(C=O)cn1. The van der Waals surface area contributed by atoms with E-state index in [1.807, 2.05) is 11.9 Å². The van der Waals surface area contributed by atoms with E-state index in [0.29, 0.717) is 11.5 Å². The van der Waals surface area contributed by atoms with Crippen LogP contribution in [0.3, 0.4) is 0 Å². The Morgan fingerprint density at radius 2 is 1.93 bits per heavy atom. The van der Waals surface area contributed by atoms with Crippen LogP contribution in [0.1, 0.15) is 37.6 Å². The Kier molecular flexibility index (Phi) is 3.39. The van der Waals surface area contributed by atoms with E-state index in [9.17, 15) is 4.79 Å². The Labute approximate surface area is 90.3 Å². The summed E-state index contributed by atoms with van der Waals surface area (Å²) in [5.41, 5.74) is 0.518. The van der Waals surface area contributed by atoms with Gasteiger partial charge in [0.25, 0.3) is 0 Å². The number of carbonyl (C=O) groups is 1. The van der Waals surface area contributed by atoms with Gasteiger partial charge in [-0.15, -0.1) is 0 Å². The van der Waals surface area contributed by atoms with E-state index in [2.05, 4.69) is 30.7 Å². The van der Waals surface area contributed by atoms with E-state index >= 15 is 0 Å². The molecule has 0 spiro atoms. The molecule has 82 valence electrons. The first-order valence-electron chi connectivity index (χ1n) is 5.02. The molecule has 15 heavy (non-hydrogen) atoms. The molecule has 0 saturated carbocycles. The van der Waals surface area contributed by atoms with Crippen molar-refractivity contribution in [2.45, 2.75) is 32.7 Å². The third kappa shape index (κ3) is 2.52. The van der Waals surface area contributed by atoms with Crippen LogP contribution in [0.2, 0.25) is 0 Å². The number of aromatic nitrogens is 2. The molecule has 0 unspecified atom stereocenters. The summed E-state index contributed by atoms with van der Waals surface area (Å²) >= 11 is 0. The summed E-state index contributed by atoms with van der Waals surface area (Å²) in [7, 11) is 1.96. The Bertz CT molecular complexity index is 332. The van der Waals surface area contributed by atoms with Crippen molar-refractivity contribution in [2.75, 3.05) is 11.9 Å². The fourth-order valence-corrected chi connectivity index (χ4v) is 1.07. The second-order valence-electron chi connectivity index (χ2n) is 4.16. The van der Waals surface area contributed by atoms with Gasteiger partial charge in [0.15, 0.2) is 6.29 Å². The van der Waals surface area contributed by atoms with Crippen LogP contribution in [-0.2, 0) is 0 Å². The number of rotatable bonds is 4. The Morgan fingerprint density at radius 3 is 2.33 bits per heavy atom. The van der Waals surface area contributed by atoms with Gasteiger partial charge in [0, 0.05) is 25.0 Å². The van der Waals surface area contributed by atoms with Gasteiger partial charge in [-0.2, -0.15) is 0 Å². The van der Waals surface area contributed by atoms with Gasteiger partial charge in [-0.25, -0.2) is 9.97 Å². The maximum atomic E-state index is 10.4. The topological polar surface area (TPSA) is 46.1 Å². The van der Waals surface area contributed by atoms with Gasteiger partial charge >= 0.3 is 0 Å². The first-order chi connectivity index (χ1) is 7.01. The first kappa shape index (κ1) is 11.6. The maximum absolute atomic E-state index is 10.4. The molecule has 0 aliphatic carbocycles. The lowest BCUT2D eigenvalue weighted by atomic mass is 10.0. The Hall–Kier alpha value is -1.45. The summed E-state index contributed by atoms with van der Waals surface area (Å²) in [6.45, 7) is 6.38. The largest absolute Gasteiger partial charge is 0.339 e. The second kappa shape index (κ2) is 4.38. The molecule has 0 amide bonds. The van der Waals surface area contributed by atoms with E-state index in [4.69, 9.17) is 0 Å². The molecule has 0 saturated heterocycles. The summed E-state index contributed by atoms with van der Waals surface area (Å²) < 4.78 is 0. The highest BCUT2D eigenvalue weighted by Crippen LogP contribution is 2.20. The molecule has 0 radical (unpaired) electrons.